The third-order valence-electron chi connectivity index (χ3n) is 5.38. The van der Waals surface area contributed by atoms with Crippen LogP contribution in [0.4, 0.5) is 5.95 Å². The number of hydrogen-bond donors (Lipinski definition) is 1. The Kier molecular flexibility index (Phi) is 3.04. The molecule has 1 N–H and O–H groups in total. The zero-order chi connectivity index (χ0) is 13.4. The largest absolute Gasteiger partial charge is 0.345 e. The third kappa shape index (κ3) is 1.88. The Morgan fingerprint density at radius 2 is 1.70 bits per heavy atom. The van der Waals surface area contributed by atoms with E-state index in [0.717, 1.165) is 5.95 Å². The van der Waals surface area contributed by atoms with E-state index in [-0.39, 0.29) is 5.54 Å². The predicted molar refractivity (Wildman–Crippen MR) is 80.4 cm³/mol. The van der Waals surface area contributed by atoms with Crippen molar-refractivity contribution in [1.82, 2.24) is 14.8 Å². The Bertz CT molecular complexity index is 520. The molecule has 4 heteroatoms. The van der Waals surface area contributed by atoms with E-state index in [1.54, 1.807) is 11.9 Å². The highest BCUT2D eigenvalue weighted by Crippen LogP contribution is 2.45. The molecule has 108 valence electrons. The monoisotopic (exact) mass is 272 g/mol. The molecule has 4 rings (SSSR count). The van der Waals surface area contributed by atoms with Gasteiger partial charge in [0.05, 0.1) is 5.54 Å². The minimum atomic E-state index is 0.194. The van der Waals surface area contributed by atoms with Crippen molar-refractivity contribution in [1.29, 1.82) is 0 Å². The number of anilines is 1. The van der Waals surface area contributed by atoms with Crippen LogP contribution in [0.25, 0.3) is 5.70 Å². The molecule has 1 aromatic heterocycles. The Morgan fingerprint density at radius 1 is 0.950 bits per heavy atom. The molecule has 1 fully saturated rings. The highest BCUT2D eigenvalue weighted by molar-refractivity contribution is 5.64. The molecule has 0 saturated heterocycles. The van der Waals surface area contributed by atoms with Gasteiger partial charge >= 0.3 is 0 Å². The van der Waals surface area contributed by atoms with Crippen LogP contribution in [0.2, 0.25) is 0 Å². The molecule has 2 aliphatic carbocycles. The molecule has 1 aromatic rings. The molecule has 4 nitrogen and oxygen atoms in total. The smallest absolute Gasteiger partial charge is 0.226 e. The van der Waals surface area contributed by atoms with Crippen molar-refractivity contribution in [2.75, 3.05) is 5.32 Å². The van der Waals surface area contributed by atoms with Crippen LogP contribution in [-0.2, 0) is 0 Å². The lowest BCUT2D eigenvalue weighted by Crippen LogP contribution is -2.44. The van der Waals surface area contributed by atoms with Crippen molar-refractivity contribution >= 4 is 11.6 Å². The van der Waals surface area contributed by atoms with Gasteiger partial charge in [0.1, 0.15) is 6.33 Å². The molecule has 0 atom stereocenters. The number of aromatic nitrogens is 3. The highest BCUT2D eigenvalue weighted by atomic mass is 15.4. The van der Waals surface area contributed by atoms with Gasteiger partial charge in [-0.1, -0.05) is 32.1 Å². The van der Waals surface area contributed by atoms with Crippen LogP contribution in [0.1, 0.15) is 70.6 Å². The maximum Gasteiger partial charge on any atom is 0.226 e. The van der Waals surface area contributed by atoms with E-state index in [9.17, 15) is 0 Å². The quantitative estimate of drug-likeness (QED) is 0.777. The van der Waals surface area contributed by atoms with E-state index in [0.29, 0.717) is 0 Å². The highest BCUT2D eigenvalue weighted by Gasteiger charge is 2.41. The van der Waals surface area contributed by atoms with Gasteiger partial charge in [-0.3, -0.25) is 0 Å². The molecule has 0 amide bonds. The summed E-state index contributed by atoms with van der Waals surface area (Å²) in [6, 6.07) is 0. The maximum atomic E-state index is 4.47. The zero-order valence-electron chi connectivity index (χ0n) is 12.2. The fraction of sp³-hybridized carbons (Fsp3) is 0.750. The van der Waals surface area contributed by atoms with Crippen molar-refractivity contribution in [2.24, 2.45) is 0 Å². The number of allylic oxidation sites excluding steroid dienone is 1. The first kappa shape index (κ1) is 12.4. The first-order chi connectivity index (χ1) is 9.89. The minimum Gasteiger partial charge on any atom is -0.345 e. The van der Waals surface area contributed by atoms with E-state index in [1.165, 1.54) is 76.3 Å². The number of nitrogens with one attached hydrogen (secondary N) is 1. The van der Waals surface area contributed by atoms with E-state index < -0.39 is 0 Å². The van der Waals surface area contributed by atoms with Crippen molar-refractivity contribution < 1.29 is 0 Å². The lowest BCUT2D eigenvalue weighted by atomic mass is 9.78. The topological polar surface area (TPSA) is 42.7 Å². The Labute approximate surface area is 120 Å². The van der Waals surface area contributed by atoms with E-state index in [4.69, 9.17) is 0 Å². The lowest BCUT2D eigenvalue weighted by Gasteiger charge is -2.41. The molecule has 1 saturated carbocycles. The first-order valence-electron chi connectivity index (χ1n) is 8.30. The summed E-state index contributed by atoms with van der Waals surface area (Å²) >= 11 is 0. The summed E-state index contributed by atoms with van der Waals surface area (Å²) in [6.07, 6.45) is 16.1. The second kappa shape index (κ2) is 4.90. The molecular weight excluding hydrogens is 248 g/mol. The molecule has 1 aliphatic heterocycles. The summed E-state index contributed by atoms with van der Waals surface area (Å²) in [5.74, 6) is 0.979. The molecule has 20 heavy (non-hydrogen) atoms. The normalized spacial score (nSPS) is 25.4. The summed E-state index contributed by atoms with van der Waals surface area (Å²) in [6.45, 7) is 0. The van der Waals surface area contributed by atoms with E-state index >= 15 is 0 Å². The summed E-state index contributed by atoms with van der Waals surface area (Å²) in [7, 11) is 0. The molecule has 0 aromatic carbocycles. The third-order valence-corrected chi connectivity index (χ3v) is 5.38. The Morgan fingerprint density at radius 3 is 2.55 bits per heavy atom. The number of fused-ring (bicyclic) bond motifs is 3. The SMILES string of the molecule is c1nc2n(n1)C1=C(CCCCC1)C1(CCCCCC1)N2. The van der Waals surface area contributed by atoms with Crippen LogP contribution in [-0.4, -0.2) is 20.3 Å². The average Bonchev–Trinajstić information content (AvgIpc) is 2.67. The molecule has 0 unspecified atom stereocenters. The van der Waals surface area contributed by atoms with Crippen molar-refractivity contribution in [3.8, 4) is 0 Å². The summed E-state index contributed by atoms with van der Waals surface area (Å²) < 4.78 is 2.08. The number of rotatable bonds is 0. The molecule has 3 aliphatic rings. The van der Waals surface area contributed by atoms with Gasteiger partial charge < -0.3 is 5.32 Å². The number of nitrogens with zero attached hydrogens (tertiary/aromatic N) is 3. The van der Waals surface area contributed by atoms with Crippen LogP contribution < -0.4 is 5.32 Å². The fourth-order valence-electron chi connectivity index (χ4n) is 4.39. The molecule has 1 spiro atoms. The van der Waals surface area contributed by atoms with Crippen LogP contribution >= 0.6 is 0 Å². The molecule has 0 bridgehead atoms. The average molecular weight is 272 g/mol. The van der Waals surface area contributed by atoms with Gasteiger partial charge in [0, 0.05) is 5.70 Å². The predicted octanol–water partition coefficient (Wildman–Crippen LogP) is 3.97. The first-order valence-corrected chi connectivity index (χ1v) is 8.30. The van der Waals surface area contributed by atoms with Crippen LogP contribution in [0.5, 0.6) is 0 Å². The van der Waals surface area contributed by atoms with Crippen LogP contribution in [0, 0.1) is 0 Å². The summed E-state index contributed by atoms with van der Waals surface area (Å²) in [5, 5.41) is 8.26. The summed E-state index contributed by atoms with van der Waals surface area (Å²) in [5.41, 5.74) is 3.32. The van der Waals surface area contributed by atoms with Gasteiger partial charge in [0.15, 0.2) is 0 Å². The minimum absolute atomic E-state index is 0.194. The Balaban J connectivity index is 1.83. The second-order valence-electron chi connectivity index (χ2n) is 6.60. The van der Waals surface area contributed by atoms with Crippen molar-refractivity contribution in [3.05, 3.63) is 11.9 Å². The standard InChI is InChI=1S/C16H24N4/c1-2-7-11-16(10-6-1)13-8-4-3-5-9-14(13)20-15(19-16)17-12-18-20/h12H,1-11H2,(H,17,18,19). The second-order valence-corrected chi connectivity index (χ2v) is 6.60. The van der Waals surface area contributed by atoms with E-state index in [1.807, 2.05) is 0 Å². The maximum absolute atomic E-state index is 4.47. The number of hydrogen-bond acceptors (Lipinski definition) is 3. The van der Waals surface area contributed by atoms with Gasteiger partial charge in [0.2, 0.25) is 5.95 Å². The van der Waals surface area contributed by atoms with Crippen molar-refractivity contribution in [3.63, 3.8) is 0 Å². The van der Waals surface area contributed by atoms with Gasteiger partial charge in [-0.15, -0.1) is 0 Å². The van der Waals surface area contributed by atoms with Crippen LogP contribution in [0.3, 0.4) is 0 Å². The lowest BCUT2D eigenvalue weighted by molar-refractivity contribution is 0.442. The Hall–Kier alpha value is -1.32. The van der Waals surface area contributed by atoms with E-state index in [2.05, 4.69) is 20.1 Å². The molecule has 2 heterocycles. The summed E-state index contributed by atoms with van der Waals surface area (Å²) in [4.78, 5) is 4.47. The van der Waals surface area contributed by atoms with Gasteiger partial charge in [-0.2, -0.15) is 10.1 Å². The molecular formula is C16H24N4. The zero-order valence-corrected chi connectivity index (χ0v) is 12.2. The molecule has 0 radical (unpaired) electrons. The van der Waals surface area contributed by atoms with Gasteiger partial charge in [-0.25, -0.2) is 4.68 Å². The van der Waals surface area contributed by atoms with Gasteiger partial charge in [-0.05, 0) is 44.1 Å². The fourth-order valence-corrected chi connectivity index (χ4v) is 4.39. The van der Waals surface area contributed by atoms with Gasteiger partial charge in [0.25, 0.3) is 0 Å². The van der Waals surface area contributed by atoms with Crippen molar-refractivity contribution in [2.45, 2.75) is 76.2 Å². The van der Waals surface area contributed by atoms with Crippen LogP contribution in [0.15, 0.2) is 11.9 Å².